The number of hydrogen-bond donors (Lipinski definition) is 0. The molecule has 0 radical (unpaired) electrons. The van der Waals surface area contributed by atoms with E-state index in [0.717, 1.165) is 25.5 Å². The monoisotopic (exact) mass is 257 g/mol. The first-order valence-electron chi connectivity index (χ1n) is 6.61. The smallest absolute Gasteiger partial charge is 0.255 e. The molecule has 1 aliphatic heterocycles. The molecular formula is C15H19N3O. The van der Waals surface area contributed by atoms with Crippen LogP contribution in [-0.4, -0.2) is 35.4 Å². The van der Waals surface area contributed by atoms with Crippen molar-refractivity contribution in [3.63, 3.8) is 0 Å². The summed E-state index contributed by atoms with van der Waals surface area (Å²) < 4.78 is 0. The van der Waals surface area contributed by atoms with Gasteiger partial charge < -0.3 is 9.80 Å². The average molecular weight is 257 g/mol. The van der Waals surface area contributed by atoms with Crippen molar-refractivity contribution in [2.24, 2.45) is 0 Å². The van der Waals surface area contributed by atoms with Crippen molar-refractivity contribution in [1.82, 2.24) is 9.88 Å². The Balaban J connectivity index is 2.12. The lowest BCUT2D eigenvalue weighted by atomic mass is 10.2. The predicted octanol–water partition coefficient (Wildman–Crippen LogP) is 2.45. The van der Waals surface area contributed by atoms with Gasteiger partial charge in [0.25, 0.3) is 5.91 Å². The maximum atomic E-state index is 12.1. The fourth-order valence-corrected chi connectivity index (χ4v) is 2.01. The largest absolute Gasteiger partial charge is 0.339 e. The molecule has 0 saturated heterocycles. The molecule has 4 heteroatoms. The Labute approximate surface area is 114 Å². The van der Waals surface area contributed by atoms with E-state index in [0.29, 0.717) is 5.56 Å². The van der Waals surface area contributed by atoms with E-state index in [9.17, 15) is 4.79 Å². The molecule has 0 aromatic carbocycles. The second-order valence-electron chi connectivity index (χ2n) is 4.30. The number of nitrogens with zero attached hydrogens (tertiary/aromatic N) is 3. The number of carbonyl (C=O) groups excluding carboxylic acids is 1. The predicted molar refractivity (Wildman–Crippen MR) is 77.1 cm³/mol. The molecule has 0 spiro atoms. The van der Waals surface area contributed by atoms with Crippen molar-refractivity contribution < 1.29 is 4.79 Å². The molecule has 2 heterocycles. The number of amides is 1. The first-order chi connectivity index (χ1) is 9.26. The van der Waals surface area contributed by atoms with Crippen LogP contribution in [0.15, 0.2) is 42.8 Å². The summed E-state index contributed by atoms with van der Waals surface area (Å²) in [6.45, 7) is 6.21. The lowest BCUT2D eigenvalue weighted by Crippen LogP contribution is -2.30. The lowest BCUT2D eigenvalue weighted by Gasteiger charge is -2.21. The molecule has 0 unspecified atom stereocenters. The number of hydrogen-bond acceptors (Lipinski definition) is 3. The molecule has 0 bridgehead atoms. The number of allylic oxidation sites excluding steroid dienone is 2. The van der Waals surface area contributed by atoms with Crippen LogP contribution in [0.2, 0.25) is 0 Å². The third-order valence-corrected chi connectivity index (χ3v) is 3.16. The topological polar surface area (TPSA) is 36.4 Å². The zero-order valence-corrected chi connectivity index (χ0v) is 11.4. The van der Waals surface area contributed by atoms with Crippen LogP contribution in [0.1, 0.15) is 24.2 Å². The van der Waals surface area contributed by atoms with Crippen LogP contribution >= 0.6 is 0 Å². The lowest BCUT2D eigenvalue weighted by molar-refractivity contribution is 0.0772. The highest BCUT2D eigenvalue weighted by Gasteiger charge is 2.13. The summed E-state index contributed by atoms with van der Waals surface area (Å²) in [6.07, 6.45) is 9.68. The second-order valence-corrected chi connectivity index (χ2v) is 4.30. The van der Waals surface area contributed by atoms with Crippen molar-refractivity contribution in [2.45, 2.75) is 13.8 Å². The average Bonchev–Trinajstić information content (AvgIpc) is 2.49. The van der Waals surface area contributed by atoms with E-state index < -0.39 is 0 Å². The highest BCUT2D eigenvalue weighted by molar-refractivity contribution is 5.94. The van der Waals surface area contributed by atoms with Crippen molar-refractivity contribution in [1.29, 1.82) is 0 Å². The SMILES string of the molecule is CCN(CC)C(=O)c1ccc(N2C=CC=CC2)nc1. The van der Waals surface area contributed by atoms with E-state index in [1.807, 2.05) is 49.2 Å². The Morgan fingerprint density at radius 2 is 2.11 bits per heavy atom. The van der Waals surface area contributed by atoms with Gasteiger partial charge in [-0.3, -0.25) is 4.79 Å². The minimum atomic E-state index is 0.0399. The first kappa shape index (κ1) is 13.3. The van der Waals surface area contributed by atoms with Gasteiger partial charge >= 0.3 is 0 Å². The molecule has 0 N–H and O–H groups in total. The van der Waals surface area contributed by atoms with E-state index in [1.54, 1.807) is 11.1 Å². The van der Waals surface area contributed by atoms with Crippen LogP contribution < -0.4 is 4.90 Å². The molecule has 1 aliphatic rings. The van der Waals surface area contributed by atoms with E-state index in [4.69, 9.17) is 0 Å². The zero-order chi connectivity index (χ0) is 13.7. The van der Waals surface area contributed by atoms with Crippen LogP contribution in [0.5, 0.6) is 0 Å². The second kappa shape index (κ2) is 6.18. The maximum Gasteiger partial charge on any atom is 0.255 e. The normalized spacial score (nSPS) is 13.7. The molecule has 0 saturated carbocycles. The van der Waals surface area contributed by atoms with E-state index in [-0.39, 0.29) is 5.91 Å². The van der Waals surface area contributed by atoms with Gasteiger partial charge in [-0.25, -0.2) is 4.98 Å². The zero-order valence-electron chi connectivity index (χ0n) is 11.4. The van der Waals surface area contributed by atoms with E-state index in [1.165, 1.54) is 0 Å². The molecule has 1 aromatic heterocycles. The van der Waals surface area contributed by atoms with Gasteiger partial charge in [0.2, 0.25) is 0 Å². The minimum absolute atomic E-state index is 0.0399. The third-order valence-electron chi connectivity index (χ3n) is 3.16. The molecule has 0 fully saturated rings. The Hall–Kier alpha value is -2.10. The van der Waals surface area contributed by atoms with Gasteiger partial charge in [-0.1, -0.05) is 12.2 Å². The molecule has 0 aliphatic carbocycles. The number of rotatable bonds is 4. The first-order valence-corrected chi connectivity index (χ1v) is 6.61. The Kier molecular flexibility index (Phi) is 4.34. The number of anilines is 1. The molecule has 19 heavy (non-hydrogen) atoms. The summed E-state index contributed by atoms with van der Waals surface area (Å²) in [5.41, 5.74) is 0.643. The van der Waals surface area contributed by atoms with Gasteiger partial charge in [-0.15, -0.1) is 0 Å². The Morgan fingerprint density at radius 3 is 2.63 bits per heavy atom. The van der Waals surface area contributed by atoms with Gasteiger partial charge in [-0.2, -0.15) is 0 Å². The molecule has 2 rings (SSSR count). The summed E-state index contributed by atoms with van der Waals surface area (Å²) in [4.78, 5) is 20.3. The minimum Gasteiger partial charge on any atom is -0.339 e. The van der Waals surface area contributed by atoms with E-state index >= 15 is 0 Å². The maximum absolute atomic E-state index is 12.1. The van der Waals surface area contributed by atoms with Crippen LogP contribution in [0, 0.1) is 0 Å². The molecule has 1 amide bonds. The van der Waals surface area contributed by atoms with Gasteiger partial charge in [0, 0.05) is 32.0 Å². The number of pyridine rings is 1. The molecular weight excluding hydrogens is 238 g/mol. The van der Waals surface area contributed by atoms with Crippen LogP contribution in [0.3, 0.4) is 0 Å². The summed E-state index contributed by atoms with van der Waals surface area (Å²) in [6, 6.07) is 3.73. The fourth-order valence-electron chi connectivity index (χ4n) is 2.01. The van der Waals surface area contributed by atoms with Crippen LogP contribution in [0.4, 0.5) is 5.82 Å². The van der Waals surface area contributed by atoms with Gasteiger partial charge in [0.05, 0.1) is 5.56 Å². The number of carbonyl (C=O) groups is 1. The van der Waals surface area contributed by atoms with Crippen molar-refractivity contribution in [2.75, 3.05) is 24.5 Å². The Morgan fingerprint density at radius 1 is 1.32 bits per heavy atom. The Bertz CT molecular complexity index is 487. The molecule has 100 valence electrons. The van der Waals surface area contributed by atoms with Gasteiger partial charge in [0.15, 0.2) is 0 Å². The third kappa shape index (κ3) is 3.02. The van der Waals surface area contributed by atoms with Crippen molar-refractivity contribution in [3.05, 3.63) is 48.3 Å². The molecule has 1 aromatic rings. The summed E-state index contributed by atoms with van der Waals surface area (Å²) in [5.74, 6) is 0.898. The van der Waals surface area contributed by atoms with Crippen molar-refractivity contribution in [3.8, 4) is 0 Å². The highest BCUT2D eigenvalue weighted by atomic mass is 16.2. The van der Waals surface area contributed by atoms with Crippen LogP contribution in [-0.2, 0) is 0 Å². The summed E-state index contributed by atoms with van der Waals surface area (Å²) in [5, 5.41) is 0. The number of aromatic nitrogens is 1. The summed E-state index contributed by atoms with van der Waals surface area (Å²) >= 11 is 0. The van der Waals surface area contributed by atoms with Crippen molar-refractivity contribution >= 4 is 11.7 Å². The quantitative estimate of drug-likeness (QED) is 0.831. The van der Waals surface area contributed by atoms with Gasteiger partial charge in [0.1, 0.15) is 5.82 Å². The molecule has 4 nitrogen and oxygen atoms in total. The molecule has 0 atom stereocenters. The summed E-state index contributed by atoms with van der Waals surface area (Å²) in [7, 11) is 0. The van der Waals surface area contributed by atoms with E-state index in [2.05, 4.69) is 11.1 Å². The highest BCUT2D eigenvalue weighted by Crippen LogP contribution is 2.14. The van der Waals surface area contributed by atoms with Crippen LogP contribution in [0.25, 0.3) is 0 Å². The fraction of sp³-hybridized carbons (Fsp3) is 0.333. The standard InChI is InChI=1S/C15H19N3O/c1-3-17(4-2)15(19)13-8-9-14(16-12-13)18-10-6-5-7-11-18/h5-10,12H,3-4,11H2,1-2H3. The van der Waals surface area contributed by atoms with Gasteiger partial charge in [-0.05, 0) is 32.1 Å².